The molecule has 0 aromatic heterocycles. The molecule has 1 rings (SSSR count). The molecule has 110 valence electrons. The van der Waals surface area contributed by atoms with Crippen molar-refractivity contribution < 1.29 is 19.0 Å². The molecular formula is C13H28B2O4. The van der Waals surface area contributed by atoms with Crippen LogP contribution in [0.3, 0.4) is 0 Å². The minimum atomic E-state index is -1.08. The zero-order valence-electron chi connectivity index (χ0n) is 13.6. The van der Waals surface area contributed by atoms with Crippen molar-refractivity contribution in [3.05, 3.63) is 0 Å². The highest BCUT2D eigenvalue weighted by molar-refractivity contribution is 7.10. The largest absolute Gasteiger partial charge is 0.488 e. The maximum atomic E-state index is 10.2. The van der Waals surface area contributed by atoms with Gasteiger partial charge in [0.1, 0.15) is 0 Å². The quantitative estimate of drug-likeness (QED) is 0.779. The van der Waals surface area contributed by atoms with Crippen LogP contribution in [0.25, 0.3) is 0 Å². The van der Waals surface area contributed by atoms with Gasteiger partial charge in [0.15, 0.2) is 0 Å². The van der Waals surface area contributed by atoms with E-state index in [1.807, 2.05) is 34.6 Å². The lowest BCUT2D eigenvalue weighted by molar-refractivity contribution is -0.0119. The van der Waals surface area contributed by atoms with E-state index in [1.165, 1.54) is 0 Å². The van der Waals surface area contributed by atoms with Crippen LogP contribution in [0.1, 0.15) is 61.8 Å². The molecule has 1 saturated heterocycles. The van der Waals surface area contributed by atoms with E-state index in [9.17, 15) is 5.02 Å². The average Bonchev–Trinajstić information content (AvgIpc) is 2.50. The van der Waals surface area contributed by atoms with E-state index in [4.69, 9.17) is 14.0 Å². The summed E-state index contributed by atoms with van der Waals surface area (Å²) in [6.07, 6.45) is 0.816. The summed E-state index contributed by atoms with van der Waals surface area (Å²) < 4.78 is 17.5. The van der Waals surface area contributed by atoms with Crippen LogP contribution in [0.2, 0.25) is 0 Å². The van der Waals surface area contributed by atoms with Gasteiger partial charge in [-0.2, -0.15) is 0 Å². The molecule has 1 heterocycles. The molecule has 0 aromatic rings. The highest BCUT2D eigenvalue weighted by Gasteiger charge is 2.58. The Hall–Kier alpha value is -0.0301. The van der Waals surface area contributed by atoms with Crippen LogP contribution in [0.15, 0.2) is 0 Å². The second-order valence-corrected chi connectivity index (χ2v) is 6.97. The van der Waals surface area contributed by atoms with Crippen LogP contribution in [0.4, 0.5) is 0 Å². The van der Waals surface area contributed by atoms with Gasteiger partial charge in [-0.25, -0.2) is 0 Å². The van der Waals surface area contributed by atoms with Gasteiger partial charge in [-0.05, 0) is 47.0 Å². The summed E-state index contributed by atoms with van der Waals surface area (Å²) in [5, 5.41) is 10.2. The van der Waals surface area contributed by atoms with Crippen LogP contribution in [0.5, 0.6) is 0 Å². The fraction of sp³-hybridized carbons (Fsp3) is 1.00. The molecule has 1 fully saturated rings. The van der Waals surface area contributed by atoms with Crippen molar-refractivity contribution in [3.8, 4) is 0 Å². The van der Waals surface area contributed by atoms with Crippen LogP contribution in [-0.2, 0) is 14.0 Å². The Morgan fingerprint density at radius 1 is 1.26 bits per heavy atom. The lowest BCUT2D eigenvalue weighted by Crippen LogP contribution is -2.48. The maximum absolute atomic E-state index is 10.2. The molecule has 4 nitrogen and oxygen atoms in total. The molecule has 1 N–H and O–H groups in total. The van der Waals surface area contributed by atoms with Crippen molar-refractivity contribution in [3.63, 3.8) is 0 Å². The Morgan fingerprint density at radius 3 is 2.16 bits per heavy atom. The van der Waals surface area contributed by atoms with E-state index in [1.54, 1.807) is 0 Å². The Kier molecular flexibility index (Phi) is 4.83. The number of hydrogen-bond acceptors (Lipinski definition) is 4. The molecular weight excluding hydrogens is 242 g/mol. The van der Waals surface area contributed by atoms with Gasteiger partial charge in [-0.3, -0.25) is 0 Å². The lowest BCUT2D eigenvalue weighted by Gasteiger charge is -2.35. The van der Waals surface area contributed by atoms with Crippen molar-refractivity contribution >= 4 is 14.0 Å². The minimum Gasteiger partial charge on any atom is -0.429 e. The van der Waals surface area contributed by atoms with Crippen molar-refractivity contribution in [2.45, 2.75) is 78.6 Å². The topological polar surface area (TPSA) is 47.9 Å². The van der Waals surface area contributed by atoms with Gasteiger partial charge in [0.2, 0.25) is 0 Å². The molecule has 0 aromatic carbocycles. The SMILES string of the molecule is CCC1(C)OB(B(O)OC(C)(C)C(C)C)OC1(C)C. The molecule has 1 aliphatic heterocycles. The molecule has 6 heteroatoms. The Bertz CT molecular complexity index is 320. The number of rotatable bonds is 5. The van der Waals surface area contributed by atoms with E-state index in [2.05, 4.69) is 20.8 Å². The van der Waals surface area contributed by atoms with Gasteiger partial charge in [0, 0.05) is 0 Å². The first-order chi connectivity index (χ1) is 8.45. The third-order valence-electron chi connectivity index (χ3n) is 4.78. The van der Waals surface area contributed by atoms with Crippen molar-refractivity contribution in [2.24, 2.45) is 5.92 Å². The van der Waals surface area contributed by atoms with E-state index in [0.29, 0.717) is 0 Å². The molecule has 0 spiro atoms. The van der Waals surface area contributed by atoms with Crippen LogP contribution < -0.4 is 0 Å². The molecule has 1 atom stereocenters. The maximum Gasteiger partial charge on any atom is 0.488 e. The van der Waals surface area contributed by atoms with Crippen molar-refractivity contribution in [1.29, 1.82) is 0 Å². The van der Waals surface area contributed by atoms with Gasteiger partial charge in [-0.1, -0.05) is 20.8 Å². The minimum absolute atomic E-state index is 0.286. The zero-order chi connectivity index (χ0) is 15.1. The summed E-state index contributed by atoms with van der Waals surface area (Å²) in [6.45, 7) is 16.1. The molecule has 0 radical (unpaired) electrons. The Labute approximate surface area is 118 Å². The fourth-order valence-electron chi connectivity index (χ4n) is 1.97. The molecule has 0 aliphatic carbocycles. The summed E-state index contributed by atoms with van der Waals surface area (Å²) in [5.74, 6) is 0.286. The first-order valence-electron chi connectivity index (χ1n) is 7.17. The normalized spacial score (nSPS) is 27.2. The molecule has 0 saturated carbocycles. The Morgan fingerprint density at radius 2 is 1.79 bits per heavy atom. The monoisotopic (exact) mass is 270 g/mol. The molecule has 1 unspecified atom stereocenters. The second-order valence-electron chi connectivity index (χ2n) is 6.97. The van der Waals surface area contributed by atoms with Gasteiger partial charge in [0.05, 0.1) is 16.8 Å². The summed E-state index contributed by atoms with van der Waals surface area (Å²) in [4.78, 5) is 0. The van der Waals surface area contributed by atoms with E-state index in [0.717, 1.165) is 6.42 Å². The van der Waals surface area contributed by atoms with Gasteiger partial charge in [0.25, 0.3) is 0 Å². The first-order valence-corrected chi connectivity index (χ1v) is 7.17. The second kappa shape index (κ2) is 5.40. The first kappa shape index (κ1) is 17.0. The predicted octanol–water partition coefficient (Wildman–Crippen LogP) is 2.48. The highest BCUT2D eigenvalue weighted by atomic mass is 16.7. The Balaban J connectivity index is 2.74. The molecule has 19 heavy (non-hydrogen) atoms. The number of hydrogen-bond donors (Lipinski definition) is 1. The van der Waals surface area contributed by atoms with E-state index < -0.39 is 30.8 Å². The summed E-state index contributed by atoms with van der Waals surface area (Å²) in [7, 11) is -1.82. The molecule has 0 amide bonds. The van der Waals surface area contributed by atoms with E-state index >= 15 is 0 Å². The fourth-order valence-corrected chi connectivity index (χ4v) is 1.97. The van der Waals surface area contributed by atoms with E-state index in [-0.39, 0.29) is 5.92 Å². The smallest absolute Gasteiger partial charge is 0.429 e. The molecule has 0 bridgehead atoms. The van der Waals surface area contributed by atoms with Crippen LogP contribution >= 0.6 is 0 Å². The van der Waals surface area contributed by atoms with Crippen LogP contribution in [-0.4, -0.2) is 35.8 Å². The van der Waals surface area contributed by atoms with Crippen molar-refractivity contribution in [2.75, 3.05) is 0 Å². The van der Waals surface area contributed by atoms with Crippen LogP contribution in [0, 0.1) is 5.92 Å². The third-order valence-corrected chi connectivity index (χ3v) is 4.78. The standard InChI is InChI=1S/C13H28B2O4/c1-9-13(8)12(6,7)18-15(19-13)14(16)17-11(4,5)10(2)3/h10,16H,9H2,1-8H3. The molecule has 1 aliphatic rings. The third kappa shape index (κ3) is 3.35. The van der Waals surface area contributed by atoms with Gasteiger partial charge < -0.3 is 19.0 Å². The summed E-state index contributed by atoms with van der Waals surface area (Å²) in [5.41, 5.74) is -1.29. The summed E-state index contributed by atoms with van der Waals surface area (Å²) >= 11 is 0. The zero-order valence-corrected chi connectivity index (χ0v) is 13.6. The van der Waals surface area contributed by atoms with Gasteiger partial charge in [-0.15, -0.1) is 0 Å². The lowest BCUT2D eigenvalue weighted by atomic mass is 9.48. The summed E-state index contributed by atoms with van der Waals surface area (Å²) in [6, 6.07) is 0. The average molecular weight is 270 g/mol. The van der Waals surface area contributed by atoms with Crippen molar-refractivity contribution in [1.82, 2.24) is 0 Å². The predicted molar refractivity (Wildman–Crippen MR) is 78.7 cm³/mol. The van der Waals surface area contributed by atoms with Gasteiger partial charge >= 0.3 is 14.0 Å². The highest BCUT2D eigenvalue weighted by Crippen LogP contribution is 2.40.